The van der Waals surface area contributed by atoms with Gasteiger partial charge in [-0.15, -0.1) is 5.10 Å². The first-order chi connectivity index (χ1) is 10.4. The number of imidazole rings is 1. The Balaban J connectivity index is 1.70. The van der Waals surface area contributed by atoms with Crippen LogP contribution >= 0.6 is 0 Å². The number of fused-ring (bicyclic) bond motifs is 1. The summed E-state index contributed by atoms with van der Waals surface area (Å²) in [4.78, 5) is 4.60. The maximum atomic E-state index is 5.62. The summed E-state index contributed by atoms with van der Waals surface area (Å²) in [6, 6.07) is 8.50. The largest absolute Gasteiger partial charge is 0.408 e. The van der Waals surface area contributed by atoms with E-state index >= 15 is 0 Å². The van der Waals surface area contributed by atoms with Crippen LogP contribution in [0, 0.1) is 5.41 Å². The molecule has 0 unspecified atom stereocenters. The smallest absolute Gasteiger partial charge is 0.315 e. The Morgan fingerprint density at radius 1 is 1.18 bits per heavy atom. The molecule has 0 bridgehead atoms. The molecule has 1 N–H and O–H groups in total. The van der Waals surface area contributed by atoms with Crippen molar-refractivity contribution in [3.05, 3.63) is 36.0 Å². The first-order valence-electron chi connectivity index (χ1n) is 7.39. The molecule has 2 heterocycles. The summed E-state index contributed by atoms with van der Waals surface area (Å²) in [5.74, 6) is 1.58. The number of hydrogen-bond acceptors (Lipinski definition) is 5. The van der Waals surface area contributed by atoms with Crippen LogP contribution < -0.4 is 5.32 Å². The zero-order valence-electron chi connectivity index (χ0n) is 13.4. The lowest BCUT2D eigenvalue weighted by molar-refractivity contribution is 0.357. The van der Waals surface area contributed by atoms with Crippen molar-refractivity contribution in [1.29, 1.82) is 0 Å². The number of rotatable bonds is 4. The molecule has 0 radical (unpaired) electrons. The van der Waals surface area contributed by atoms with Crippen LogP contribution in [-0.2, 0) is 20.0 Å². The number of hydrogen-bond donors (Lipinski definition) is 1. The van der Waals surface area contributed by atoms with E-state index < -0.39 is 0 Å². The van der Waals surface area contributed by atoms with E-state index in [0.717, 1.165) is 23.3 Å². The molecule has 3 aromatic rings. The van der Waals surface area contributed by atoms with E-state index in [0.29, 0.717) is 18.5 Å². The molecule has 0 aliphatic rings. The standard InChI is InChI=1S/C16H21N5O/c1-16(2,3)9-14-19-20-15(22-14)17-10-13-18-11-7-5-6-8-12(11)21(13)4/h5-8H,9-10H2,1-4H3,(H,17,20). The van der Waals surface area contributed by atoms with Gasteiger partial charge in [-0.2, -0.15) is 0 Å². The Hall–Kier alpha value is -2.37. The average Bonchev–Trinajstić information content (AvgIpc) is 3.00. The summed E-state index contributed by atoms with van der Waals surface area (Å²) < 4.78 is 7.69. The van der Waals surface area contributed by atoms with Crippen molar-refractivity contribution in [2.75, 3.05) is 5.32 Å². The highest BCUT2D eigenvalue weighted by atomic mass is 16.4. The van der Waals surface area contributed by atoms with E-state index in [1.54, 1.807) is 0 Å². The monoisotopic (exact) mass is 299 g/mol. The third-order valence-electron chi connectivity index (χ3n) is 3.43. The summed E-state index contributed by atoms with van der Waals surface area (Å²) in [6.45, 7) is 6.97. The lowest BCUT2D eigenvalue weighted by atomic mass is 9.92. The third-order valence-corrected chi connectivity index (χ3v) is 3.43. The second-order valence-corrected chi connectivity index (χ2v) is 6.67. The predicted octanol–water partition coefficient (Wildman–Crippen LogP) is 3.16. The van der Waals surface area contributed by atoms with E-state index in [4.69, 9.17) is 4.42 Å². The van der Waals surface area contributed by atoms with E-state index in [1.807, 2.05) is 25.2 Å². The molecule has 0 saturated carbocycles. The molecule has 0 aliphatic carbocycles. The highest BCUT2D eigenvalue weighted by molar-refractivity contribution is 5.75. The number of nitrogens with one attached hydrogen (secondary N) is 1. The van der Waals surface area contributed by atoms with Gasteiger partial charge >= 0.3 is 6.01 Å². The molecular weight excluding hydrogens is 278 g/mol. The van der Waals surface area contributed by atoms with Crippen molar-refractivity contribution in [2.24, 2.45) is 12.5 Å². The van der Waals surface area contributed by atoms with Crippen LogP contribution in [0.2, 0.25) is 0 Å². The number of benzene rings is 1. The molecular formula is C16H21N5O. The van der Waals surface area contributed by atoms with Gasteiger partial charge in [0.15, 0.2) is 0 Å². The van der Waals surface area contributed by atoms with Crippen LogP contribution in [0.25, 0.3) is 11.0 Å². The van der Waals surface area contributed by atoms with E-state index in [-0.39, 0.29) is 5.41 Å². The highest BCUT2D eigenvalue weighted by Gasteiger charge is 2.16. The van der Waals surface area contributed by atoms with Gasteiger partial charge in [-0.05, 0) is 17.5 Å². The summed E-state index contributed by atoms with van der Waals surface area (Å²) in [7, 11) is 2.01. The fourth-order valence-electron chi connectivity index (χ4n) is 2.36. The predicted molar refractivity (Wildman–Crippen MR) is 85.5 cm³/mol. The quantitative estimate of drug-likeness (QED) is 0.801. The molecule has 6 heteroatoms. The van der Waals surface area contributed by atoms with Crippen molar-refractivity contribution in [3.8, 4) is 0 Å². The molecule has 116 valence electrons. The lowest BCUT2D eigenvalue weighted by Crippen LogP contribution is -2.09. The zero-order chi connectivity index (χ0) is 15.7. The fourth-order valence-corrected chi connectivity index (χ4v) is 2.36. The molecule has 3 rings (SSSR count). The van der Waals surface area contributed by atoms with E-state index in [2.05, 4.69) is 51.9 Å². The van der Waals surface area contributed by atoms with Crippen molar-refractivity contribution < 1.29 is 4.42 Å². The third kappa shape index (κ3) is 3.10. The minimum atomic E-state index is 0.126. The molecule has 0 saturated heterocycles. The SMILES string of the molecule is Cn1c(CNc2nnc(CC(C)(C)C)o2)nc2ccccc21. The zero-order valence-corrected chi connectivity index (χ0v) is 13.4. The second-order valence-electron chi connectivity index (χ2n) is 6.67. The van der Waals surface area contributed by atoms with E-state index in [1.165, 1.54) is 0 Å². The molecule has 0 spiro atoms. The Labute approximate surface area is 129 Å². The van der Waals surface area contributed by atoms with Gasteiger partial charge < -0.3 is 14.3 Å². The van der Waals surface area contributed by atoms with Crippen LogP contribution in [0.3, 0.4) is 0 Å². The van der Waals surface area contributed by atoms with E-state index in [9.17, 15) is 0 Å². The second kappa shape index (κ2) is 5.44. The summed E-state index contributed by atoms with van der Waals surface area (Å²) in [6.07, 6.45) is 0.758. The van der Waals surface area contributed by atoms with Gasteiger partial charge in [0.2, 0.25) is 5.89 Å². The normalized spacial score (nSPS) is 12.0. The molecule has 0 amide bonds. The Morgan fingerprint density at radius 2 is 1.95 bits per heavy atom. The molecule has 0 atom stereocenters. The number of aromatic nitrogens is 4. The van der Waals surface area contributed by atoms with Gasteiger partial charge in [0.1, 0.15) is 5.82 Å². The Kier molecular flexibility index (Phi) is 3.60. The van der Waals surface area contributed by atoms with Crippen LogP contribution in [-0.4, -0.2) is 19.7 Å². The van der Waals surface area contributed by atoms with Gasteiger partial charge in [-0.25, -0.2) is 4.98 Å². The van der Waals surface area contributed by atoms with Gasteiger partial charge in [-0.3, -0.25) is 0 Å². The molecule has 6 nitrogen and oxygen atoms in total. The van der Waals surface area contributed by atoms with Crippen molar-refractivity contribution in [3.63, 3.8) is 0 Å². The fraction of sp³-hybridized carbons (Fsp3) is 0.438. The minimum absolute atomic E-state index is 0.126. The first-order valence-corrected chi connectivity index (χ1v) is 7.39. The average molecular weight is 299 g/mol. The molecule has 1 aromatic carbocycles. The van der Waals surface area contributed by atoms with Crippen LogP contribution in [0.4, 0.5) is 6.01 Å². The van der Waals surface area contributed by atoms with Gasteiger partial charge in [0.25, 0.3) is 0 Å². The number of aryl methyl sites for hydroxylation is 1. The molecule has 0 aliphatic heterocycles. The maximum absolute atomic E-state index is 5.62. The van der Waals surface area contributed by atoms with Crippen molar-refractivity contribution >= 4 is 17.0 Å². The summed E-state index contributed by atoms with van der Waals surface area (Å²) >= 11 is 0. The van der Waals surface area contributed by atoms with Crippen LogP contribution in [0.1, 0.15) is 32.5 Å². The number of nitrogens with zero attached hydrogens (tertiary/aromatic N) is 4. The minimum Gasteiger partial charge on any atom is -0.408 e. The van der Waals surface area contributed by atoms with Gasteiger partial charge in [-0.1, -0.05) is 38.0 Å². The Morgan fingerprint density at radius 3 is 2.68 bits per heavy atom. The topological polar surface area (TPSA) is 68.8 Å². The lowest BCUT2D eigenvalue weighted by Gasteiger charge is -2.14. The molecule has 0 fully saturated rings. The van der Waals surface area contributed by atoms with Crippen molar-refractivity contribution in [2.45, 2.75) is 33.7 Å². The first kappa shape index (κ1) is 14.6. The van der Waals surface area contributed by atoms with Gasteiger partial charge in [0.05, 0.1) is 17.6 Å². The molecule has 2 aromatic heterocycles. The summed E-state index contributed by atoms with van der Waals surface area (Å²) in [5.41, 5.74) is 2.22. The van der Waals surface area contributed by atoms with Crippen LogP contribution in [0.5, 0.6) is 0 Å². The van der Waals surface area contributed by atoms with Crippen molar-refractivity contribution in [1.82, 2.24) is 19.7 Å². The van der Waals surface area contributed by atoms with Gasteiger partial charge in [0, 0.05) is 13.5 Å². The number of anilines is 1. The Bertz CT molecular complexity index is 781. The maximum Gasteiger partial charge on any atom is 0.315 e. The van der Waals surface area contributed by atoms with Crippen LogP contribution in [0.15, 0.2) is 28.7 Å². The summed E-state index contributed by atoms with van der Waals surface area (Å²) in [5, 5.41) is 11.3. The molecule has 22 heavy (non-hydrogen) atoms. The number of para-hydroxylation sites is 2. The highest BCUT2D eigenvalue weighted by Crippen LogP contribution is 2.21.